The number of primary amides is 1. The van der Waals surface area contributed by atoms with Crippen molar-refractivity contribution in [3.63, 3.8) is 0 Å². The lowest BCUT2D eigenvalue weighted by molar-refractivity contribution is -0.111. The summed E-state index contributed by atoms with van der Waals surface area (Å²) in [6.45, 7) is 0. The lowest BCUT2D eigenvalue weighted by Gasteiger charge is -2.12. The quantitative estimate of drug-likeness (QED) is 0.737. The number of thiophene rings is 1. The number of ether oxygens (including phenoxy) is 3. The van der Waals surface area contributed by atoms with Gasteiger partial charge in [0.15, 0.2) is 11.5 Å². The molecule has 2 amide bonds. The normalized spacial score (nSPS) is 10.5. The summed E-state index contributed by atoms with van der Waals surface area (Å²) in [5.74, 6) is 0.451. The largest absolute Gasteiger partial charge is 0.493 e. The van der Waals surface area contributed by atoms with Crippen molar-refractivity contribution in [1.82, 2.24) is 0 Å². The molecule has 0 aliphatic carbocycles. The zero-order chi connectivity index (χ0) is 18.4. The highest BCUT2D eigenvalue weighted by atomic mass is 32.1. The van der Waals surface area contributed by atoms with Crippen molar-refractivity contribution in [3.05, 3.63) is 40.8 Å². The van der Waals surface area contributed by atoms with E-state index in [1.54, 1.807) is 29.7 Å². The van der Waals surface area contributed by atoms with Crippen molar-refractivity contribution in [1.29, 1.82) is 0 Å². The summed E-state index contributed by atoms with van der Waals surface area (Å²) in [5.41, 5.74) is 6.21. The highest BCUT2D eigenvalue weighted by Crippen LogP contribution is 2.38. The second-order valence-corrected chi connectivity index (χ2v) is 5.73. The van der Waals surface area contributed by atoms with Gasteiger partial charge in [-0.3, -0.25) is 9.59 Å². The van der Waals surface area contributed by atoms with Crippen LogP contribution in [-0.2, 0) is 4.79 Å². The second-order valence-electron chi connectivity index (χ2n) is 4.81. The molecule has 1 heterocycles. The van der Waals surface area contributed by atoms with E-state index in [4.69, 9.17) is 19.9 Å². The fourth-order valence-electron chi connectivity index (χ4n) is 2.12. The maximum Gasteiger partial charge on any atom is 0.251 e. The highest BCUT2D eigenvalue weighted by molar-refractivity contribution is 7.14. The third-order valence-corrected chi connectivity index (χ3v) is 4.11. The summed E-state index contributed by atoms with van der Waals surface area (Å²) in [6, 6.07) is 4.99. The third kappa shape index (κ3) is 4.30. The number of methoxy groups -OCH3 is 3. The maximum atomic E-state index is 12.1. The first kappa shape index (κ1) is 18.3. The monoisotopic (exact) mass is 362 g/mol. The van der Waals surface area contributed by atoms with E-state index in [1.807, 2.05) is 0 Å². The van der Waals surface area contributed by atoms with Crippen LogP contribution in [0.15, 0.2) is 29.7 Å². The molecular formula is C17H18N2O5S. The fourth-order valence-corrected chi connectivity index (χ4v) is 2.92. The Labute approximate surface area is 149 Å². The molecule has 0 radical (unpaired) electrons. The number of amides is 2. The average molecular weight is 362 g/mol. The van der Waals surface area contributed by atoms with Gasteiger partial charge in [0.2, 0.25) is 11.7 Å². The second kappa shape index (κ2) is 8.20. The molecule has 1 aromatic carbocycles. The van der Waals surface area contributed by atoms with E-state index in [0.717, 1.165) is 0 Å². The Morgan fingerprint density at radius 2 is 1.76 bits per heavy atom. The predicted molar refractivity (Wildman–Crippen MR) is 96.6 cm³/mol. The molecule has 0 saturated carbocycles. The Bertz CT molecular complexity index is 788. The summed E-state index contributed by atoms with van der Waals surface area (Å²) in [4.78, 5) is 23.3. The van der Waals surface area contributed by atoms with Gasteiger partial charge in [0.05, 0.1) is 26.9 Å². The molecule has 1 aromatic heterocycles. The van der Waals surface area contributed by atoms with Gasteiger partial charge in [-0.1, -0.05) is 0 Å². The van der Waals surface area contributed by atoms with Crippen molar-refractivity contribution in [2.75, 3.05) is 26.6 Å². The lowest BCUT2D eigenvalue weighted by Crippen LogP contribution is -2.14. The van der Waals surface area contributed by atoms with Gasteiger partial charge in [-0.05, 0) is 35.2 Å². The number of hydrogen-bond donors (Lipinski definition) is 2. The van der Waals surface area contributed by atoms with Crippen LogP contribution >= 0.6 is 11.3 Å². The molecule has 132 valence electrons. The van der Waals surface area contributed by atoms with Crippen LogP contribution in [0.4, 0.5) is 5.00 Å². The van der Waals surface area contributed by atoms with Crippen LogP contribution in [0.3, 0.4) is 0 Å². The number of nitrogens with one attached hydrogen (secondary N) is 1. The predicted octanol–water partition coefficient (Wildman–Crippen LogP) is 2.52. The first-order chi connectivity index (χ1) is 12.0. The minimum Gasteiger partial charge on any atom is -0.493 e. The zero-order valence-corrected chi connectivity index (χ0v) is 14.8. The molecule has 0 bridgehead atoms. The molecule has 0 fully saturated rings. The Hall–Kier alpha value is -3.00. The van der Waals surface area contributed by atoms with Crippen molar-refractivity contribution in [3.8, 4) is 17.2 Å². The van der Waals surface area contributed by atoms with E-state index in [9.17, 15) is 9.59 Å². The van der Waals surface area contributed by atoms with Crippen LogP contribution < -0.4 is 25.3 Å². The number of hydrogen-bond acceptors (Lipinski definition) is 6. The van der Waals surface area contributed by atoms with E-state index in [-0.39, 0.29) is 5.56 Å². The minimum absolute atomic E-state index is 0.277. The first-order valence-electron chi connectivity index (χ1n) is 7.16. The Balaban J connectivity index is 2.19. The van der Waals surface area contributed by atoms with Crippen LogP contribution in [0.2, 0.25) is 0 Å². The minimum atomic E-state index is -0.592. The lowest BCUT2D eigenvalue weighted by atomic mass is 10.1. The van der Waals surface area contributed by atoms with Gasteiger partial charge in [0.25, 0.3) is 5.91 Å². The van der Waals surface area contributed by atoms with E-state index >= 15 is 0 Å². The third-order valence-electron chi connectivity index (χ3n) is 3.28. The van der Waals surface area contributed by atoms with E-state index < -0.39 is 11.8 Å². The molecule has 0 spiro atoms. The molecule has 0 aliphatic heterocycles. The van der Waals surface area contributed by atoms with Gasteiger partial charge in [0.1, 0.15) is 5.00 Å². The summed E-state index contributed by atoms with van der Waals surface area (Å²) >= 11 is 1.22. The van der Waals surface area contributed by atoms with Gasteiger partial charge in [0, 0.05) is 6.08 Å². The molecule has 2 aromatic rings. The molecule has 25 heavy (non-hydrogen) atoms. The molecule has 0 atom stereocenters. The summed E-state index contributed by atoms with van der Waals surface area (Å²) in [6.07, 6.45) is 2.93. The van der Waals surface area contributed by atoms with Gasteiger partial charge in [-0.15, -0.1) is 11.3 Å². The van der Waals surface area contributed by atoms with Crippen molar-refractivity contribution in [2.24, 2.45) is 5.73 Å². The topological polar surface area (TPSA) is 99.9 Å². The number of anilines is 1. The first-order valence-corrected chi connectivity index (χ1v) is 8.04. The van der Waals surface area contributed by atoms with Crippen molar-refractivity contribution >= 4 is 34.2 Å². The molecule has 0 unspecified atom stereocenters. The highest BCUT2D eigenvalue weighted by Gasteiger charge is 2.13. The van der Waals surface area contributed by atoms with Crippen LogP contribution in [0, 0.1) is 0 Å². The van der Waals surface area contributed by atoms with E-state index in [1.165, 1.54) is 38.7 Å². The number of rotatable bonds is 7. The van der Waals surface area contributed by atoms with Crippen molar-refractivity contribution < 1.29 is 23.8 Å². The van der Waals surface area contributed by atoms with Gasteiger partial charge in [-0.25, -0.2) is 0 Å². The van der Waals surface area contributed by atoms with Crippen LogP contribution in [0.5, 0.6) is 17.2 Å². The Kier molecular flexibility index (Phi) is 6.02. The van der Waals surface area contributed by atoms with Crippen LogP contribution in [0.25, 0.3) is 6.08 Å². The molecule has 0 aliphatic rings. The number of carbonyl (C=O) groups is 2. The molecule has 7 nitrogen and oxygen atoms in total. The maximum absolute atomic E-state index is 12.1. The van der Waals surface area contributed by atoms with Crippen molar-refractivity contribution in [2.45, 2.75) is 0 Å². The molecule has 8 heteroatoms. The van der Waals surface area contributed by atoms with Crippen LogP contribution in [-0.4, -0.2) is 33.1 Å². The Morgan fingerprint density at radius 1 is 1.12 bits per heavy atom. The van der Waals surface area contributed by atoms with Gasteiger partial charge in [-0.2, -0.15) is 0 Å². The number of carbonyl (C=O) groups excluding carboxylic acids is 2. The van der Waals surface area contributed by atoms with E-state index in [2.05, 4.69) is 5.32 Å². The van der Waals surface area contributed by atoms with Gasteiger partial charge < -0.3 is 25.3 Å². The van der Waals surface area contributed by atoms with Crippen LogP contribution in [0.1, 0.15) is 15.9 Å². The fraction of sp³-hybridized carbons (Fsp3) is 0.176. The SMILES string of the molecule is COc1cc(C=CC(=O)Nc2sccc2C(N)=O)cc(OC)c1OC. The number of benzene rings is 1. The molecule has 0 saturated heterocycles. The summed E-state index contributed by atoms with van der Waals surface area (Å²) in [7, 11) is 4.54. The standard InChI is InChI=1S/C17H18N2O5S/c1-22-12-8-10(9-13(23-2)15(12)24-3)4-5-14(20)19-17-11(16(18)21)6-7-25-17/h4-9H,1-3H3,(H2,18,21)(H,19,20). The smallest absolute Gasteiger partial charge is 0.251 e. The molecular weight excluding hydrogens is 344 g/mol. The molecule has 3 N–H and O–H groups in total. The summed E-state index contributed by atoms with van der Waals surface area (Å²) in [5, 5.41) is 4.72. The van der Waals surface area contributed by atoms with E-state index in [0.29, 0.717) is 27.8 Å². The molecule has 2 rings (SSSR count). The Morgan fingerprint density at radius 3 is 2.28 bits per heavy atom. The zero-order valence-electron chi connectivity index (χ0n) is 14.0. The average Bonchev–Trinajstić information content (AvgIpc) is 3.07. The summed E-state index contributed by atoms with van der Waals surface area (Å²) < 4.78 is 15.8. The number of nitrogens with two attached hydrogens (primary N) is 1. The van der Waals surface area contributed by atoms with Gasteiger partial charge >= 0.3 is 0 Å².